The van der Waals surface area contributed by atoms with Crippen LogP contribution in [0.3, 0.4) is 0 Å². The minimum absolute atomic E-state index is 0.0533. The average Bonchev–Trinajstić information content (AvgIpc) is 2.65. The fraction of sp³-hybridized carbons (Fsp3) is 0.476. The van der Waals surface area contributed by atoms with E-state index in [0.29, 0.717) is 18.8 Å². The number of amides is 1. The molecule has 8 nitrogen and oxygen atoms in total. The fourth-order valence-electron chi connectivity index (χ4n) is 3.14. The van der Waals surface area contributed by atoms with Crippen LogP contribution in [0.5, 0.6) is 0 Å². The monoisotopic (exact) mass is 479 g/mol. The van der Waals surface area contributed by atoms with Crippen molar-refractivity contribution in [1.82, 2.24) is 9.55 Å². The molecule has 0 atom stereocenters. The van der Waals surface area contributed by atoms with Crippen molar-refractivity contribution in [1.29, 1.82) is 0 Å². The first-order valence-electron chi connectivity index (χ1n) is 10.1. The third-order valence-corrected chi connectivity index (χ3v) is 5.53. The number of carbonyl (C=O) groups excluding carboxylic acids is 1. The summed E-state index contributed by atoms with van der Waals surface area (Å²) in [6.07, 6.45) is 1.65. The number of aromatic amines is 1. The van der Waals surface area contributed by atoms with Crippen molar-refractivity contribution in [2.24, 2.45) is 5.92 Å². The molecule has 0 bridgehead atoms. The molecule has 0 fully saturated rings. The second-order valence-corrected chi connectivity index (χ2v) is 8.64. The second kappa shape index (κ2) is 10.5. The lowest BCUT2D eigenvalue weighted by molar-refractivity contribution is -0.115. The maximum atomic E-state index is 12.7. The number of aryl methyl sites for hydroxylation is 1. The van der Waals surface area contributed by atoms with Gasteiger partial charge in [0.1, 0.15) is 11.5 Å². The van der Waals surface area contributed by atoms with Gasteiger partial charge in [0.15, 0.2) is 0 Å². The lowest BCUT2D eigenvalue weighted by Gasteiger charge is -2.26. The zero-order chi connectivity index (χ0) is 22.4. The molecule has 1 amide bonds. The van der Waals surface area contributed by atoms with Crippen LogP contribution in [0.4, 0.5) is 17.2 Å². The first kappa shape index (κ1) is 23.7. The standard InChI is InChI=1S/C21H30BrN5O3/c1-5-6-9-26(12-17(28)24-15-7-8-16(22)14(4)10-15)18-19(23)27(11-13(2)3)21(30)25-20(18)29/h7-8,10,13H,5-6,9,11-12,23H2,1-4H3,(H,24,28)(H,25,29,30). The topological polar surface area (TPSA) is 113 Å². The first-order chi connectivity index (χ1) is 14.1. The minimum atomic E-state index is -0.583. The van der Waals surface area contributed by atoms with Gasteiger partial charge in [0.05, 0.1) is 6.54 Å². The zero-order valence-corrected chi connectivity index (χ0v) is 19.5. The molecule has 0 saturated carbocycles. The van der Waals surface area contributed by atoms with Gasteiger partial charge >= 0.3 is 5.69 Å². The number of carbonyl (C=O) groups is 1. The fourth-order valence-corrected chi connectivity index (χ4v) is 3.39. The molecule has 164 valence electrons. The van der Waals surface area contributed by atoms with E-state index in [9.17, 15) is 14.4 Å². The van der Waals surface area contributed by atoms with Crippen LogP contribution < -0.4 is 27.2 Å². The van der Waals surface area contributed by atoms with Crippen LogP contribution in [0.2, 0.25) is 0 Å². The summed E-state index contributed by atoms with van der Waals surface area (Å²) in [5, 5.41) is 2.86. The van der Waals surface area contributed by atoms with E-state index in [2.05, 4.69) is 26.2 Å². The normalized spacial score (nSPS) is 11.0. The molecule has 0 aliphatic heterocycles. The van der Waals surface area contributed by atoms with E-state index in [0.717, 1.165) is 22.9 Å². The number of halogens is 1. The van der Waals surface area contributed by atoms with Gasteiger partial charge in [-0.25, -0.2) is 4.79 Å². The molecule has 0 aliphatic rings. The van der Waals surface area contributed by atoms with Gasteiger partial charge in [-0.15, -0.1) is 0 Å². The highest BCUT2D eigenvalue weighted by Crippen LogP contribution is 2.21. The van der Waals surface area contributed by atoms with E-state index in [4.69, 9.17) is 5.73 Å². The van der Waals surface area contributed by atoms with Crippen LogP contribution in [0.1, 0.15) is 39.2 Å². The largest absolute Gasteiger partial charge is 0.383 e. The van der Waals surface area contributed by atoms with Gasteiger partial charge in [-0.05, 0) is 43.0 Å². The number of hydrogen-bond donors (Lipinski definition) is 3. The van der Waals surface area contributed by atoms with Gasteiger partial charge in [0.25, 0.3) is 5.56 Å². The van der Waals surface area contributed by atoms with E-state index in [1.165, 1.54) is 4.57 Å². The Morgan fingerprint density at radius 1 is 1.33 bits per heavy atom. The summed E-state index contributed by atoms with van der Waals surface area (Å²) < 4.78 is 2.31. The number of rotatable bonds is 9. The Morgan fingerprint density at radius 2 is 2.03 bits per heavy atom. The number of nitrogen functional groups attached to an aromatic ring is 1. The Balaban J connectivity index is 2.35. The lowest BCUT2D eigenvalue weighted by atomic mass is 10.2. The van der Waals surface area contributed by atoms with Crippen LogP contribution in [0.25, 0.3) is 0 Å². The Kier molecular flexibility index (Phi) is 8.28. The number of anilines is 3. The highest BCUT2D eigenvalue weighted by molar-refractivity contribution is 9.10. The van der Waals surface area contributed by atoms with E-state index < -0.39 is 11.2 Å². The van der Waals surface area contributed by atoms with Crippen molar-refractivity contribution in [3.8, 4) is 0 Å². The van der Waals surface area contributed by atoms with Gasteiger partial charge in [0.2, 0.25) is 5.91 Å². The van der Waals surface area contributed by atoms with Crippen LogP contribution in [0.15, 0.2) is 32.3 Å². The van der Waals surface area contributed by atoms with Crippen LogP contribution >= 0.6 is 15.9 Å². The van der Waals surface area contributed by atoms with Crippen LogP contribution in [-0.4, -0.2) is 28.5 Å². The third kappa shape index (κ3) is 5.98. The number of H-pyrrole nitrogens is 1. The summed E-state index contributed by atoms with van der Waals surface area (Å²) in [4.78, 5) is 41.5. The van der Waals surface area contributed by atoms with Gasteiger partial charge in [-0.1, -0.05) is 43.1 Å². The number of nitrogens with zero attached hydrogens (tertiary/aromatic N) is 2. The summed E-state index contributed by atoms with van der Waals surface area (Å²) in [6, 6.07) is 5.53. The lowest BCUT2D eigenvalue weighted by Crippen LogP contribution is -2.42. The van der Waals surface area contributed by atoms with Gasteiger partial charge in [-0.2, -0.15) is 0 Å². The maximum absolute atomic E-state index is 12.7. The number of unbranched alkanes of at least 4 members (excludes halogenated alkanes) is 1. The molecular formula is C21H30BrN5O3. The summed E-state index contributed by atoms with van der Waals surface area (Å²) in [5.74, 6) is -0.0224. The van der Waals surface area contributed by atoms with Gasteiger partial charge < -0.3 is 16.0 Å². The minimum Gasteiger partial charge on any atom is -0.383 e. The molecule has 9 heteroatoms. The van der Waals surface area contributed by atoms with E-state index in [1.807, 2.05) is 39.8 Å². The summed E-state index contributed by atoms with van der Waals surface area (Å²) in [7, 11) is 0. The van der Waals surface area contributed by atoms with E-state index in [1.54, 1.807) is 11.0 Å². The van der Waals surface area contributed by atoms with Gasteiger partial charge in [0, 0.05) is 23.2 Å². The third-order valence-electron chi connectivity index (χ3n) is 4.64. The number of nitrogens with one attached hydrogen (secondary N) is 2. The van der Waals surface area contributed by atoms with Gasteiger partial charge in [-0.3, -0.25) is 19.1 Å². The van der Waals surface area contributed by atoms with Crippen molar-refractivity contribution in [3.05, 3.63) is 49.1 Å². The van der Waals surface area contributed by atoms with Crippen LogP contribution in [0, 0.1) is 12.8 Å². The second-order valence-electron chi connectivity index (χ2n) is 7.78. The predicted octanol–water partition coefficient (Wildman–Crippen LogP) is 3.09. The number of nitrogens with two attached hydrogens (primary N) is 1. The van der Waals surface area contributed by atoms with E-state index >= 15 is 0 Å². The van der Waals surface area contributed by atoms with E-state index in [-0.39, 0.29) is 29.9 Å². The number of benzene rings is 1. The molecule has 1 aromatic carbocycles. The summed E-state index contributed by atoms with van der Waals surface area (Å²) >= 11 is 3.44. The quantitative estimate of drug-likeness (QED) is 0.511. The molecule has 1 aromatic heterocycles. The highest BCUT2D eigenvalue weighted by atomic mass is 79.9. The summed E-state index contributed by atoms with van der Waals surface area (Å²) in [6.45, 7) is 8.67. The molecular weight excluding hydrogens is 450 g/mol. The SMILES string of the molecule is CCCCN(CC(=O)Nc1ccc(Br)c(C)c1)c1c(N)n(CC(C)C)c(=O)[nH]c1=O. The van der Waals surface area contributed by atoms with Crippen molar-refractivity contribution < 1.29 is 4.79 Å². The number of hydrogen-bond acceptors (Lipinski definition) is 5. The molecule has 0 unspecified atom stereocenters. The molecule has 2 rings (SSSR count). The molecule has 1 heterocycles. The predicted molar refractivity (Wildman–Crippen MR) is 125 cm³/mol. The van der Waals surface area contributed by atoms with Crippen molar-refractivity contribution >= 4 is 39.0 Å². The summed E-state index contributed by atoms with van der Waals surface area (Å²) in [5.41, 5.74) is 6.94. The molecule has 0 radical (unpaired) electrons. The molecule has 0 aliphatic carbocycles. The molecule has 30 heavy (non-hydrogen) atoms. The molecule has 0 spiro atoms. The Labute approximate surface area is 184 Å². The maximum Gasteiger partial charge on any atom is 0.330 e. The van der Waals surface area contributed by atoms with Crippen molar-refractivity contribution in [2.45, 2.75) is 47.1 Å². The molecule has 0 saturated heterocycles. The highest BCUT2D eigenvalue weighted by Gasteiger charge is 2.21. The Bertz CT molecular complexity index is 1010. The van der Waals surface area contributed by atoms with Crippen LogP contribution in [-0.2, 0) is 11.3 Å². The molecule has 4 N–H and O–H groups in total. The smallest absolute Gasteiger partial charge is 0.330 e. The Morgan fingerprint density at radius 3 is 2.63 bits per heavy atom. The average molecular weight is 480 g/mol. The number of aromatic nitrogens is 2. The Hall–Kier alpha value is -2.55. The first-order valence-corrected chi connectivity index (χ1v) is 10.9. The van der Waals surface area contributed by atoms with Crippen molar-refractivity contribution in [3.63, 3.8) is 0 Å². The zero-order valence-electron chi connectivity index (χ0n) is 17.9. The molecule has 2 aromatic rings. The van der Waals surface area contributed by atoms with Crippen molar-refractivity contribution in [2.75, 3.05) is 29.0 Å².